The Bertz CT molecular complexity index is 781. The van der Waals surface area contributed by atoms with Crippen LogP contribution in [0.3, 0.4) is 0 Å². The molecular weight excluding hydrogens is 328 g/mol. The Morgan fingerprint density at radius 2 is 2.08 bits per heavy atom. The average molecular weight is 347 g/mol. The second-order valence-electron chi connectivity index (χ2n) is 5.99. The highest BCUT2D eigenvalue weighted by Crippen LogP contribution is 2.43. The molecule has 0 spiro atoms. The first-order valence-corrected chi connectivity index (χ1v) is 8.27. The zero-order chi connectivity index (χ0) is 16.7. The molecule has 0 aliphatic carbocycles. The number of nitrogens with zero attached hydrogens (tertiary/aromatic N) is 1. The first-order valence-electron chi connectivity index (χ1n) is 7.89. The van der Waals surface area contributed by atoms with Crippen LogP contribution in [0.25, 0.3) is 0 Å². The van der Waals surface area contributed by atoms with Crippen molar-refractivity contribution >= 4 is 11.6 Å². The molecule has 1 atom stereocenters. The van der Waals surface area contributed by atoms with Crippen LogP contribution in [0, 0.1) is 0 Å². The summed E-state index contributed by atoms with van der Waals surface area (Å²) in [7, 11) is 1.68. The zero-order valence-electron chi connectivity index (χ0n) is 13.4. The van der Waals surface area contributed by atoms with E-state index in [2.05, 4.69) is 11.0 Å². The molecule has 0 amide bonds. The van der Waals surface area contributed by atoms with Gasteiger partial charge in [-0.25, -0.2) is 0 Å². The number of hydrogen-bond acceptors (Lipinski definition) is 5. The molecule has 2 aliphatic rings. The van der Waals surface area contributed by atoms with Crippen LogP contribution < -0.4 is 19.9 Å². The number of nitrogens with two attached hydrogens (primary N) is 1. The molecule has 0 bridgehead atoms. The molecule has 0 aromatic heterocycles. The van der Waals surface area contributed by atoms with Crippen LogP contribution >= 0.6 is 11.6 Å². The molecule has 0 saturated heterocycles. The normalized spacial score (nSPS) is 18.7. The molecular formula is C18H19ClN2O3. The van der Waals surface area contributed by atoms with Gasteiger partial charge in [0.05, 0.1) is 7.11 Å². The number of rotatable bonds is 4. The van der Waals surface area contributed by atoms with Gasteiger partial charge in [-0.1, -0.05) is 17.7 Å². The van der Waals surface area contributed by atoms with Crippen LogP contribution in [0.2, 0.25) is 5.02 Å². The van der Waals surface area contributed by atoms with E-state index in [0.29, 0.717) is 6.54 Å². The molecule has 24 heavy (non-hydrogen) atoms. The van der Waals surface area contributed by atoms with E-state index in [1.165, 1.54) is 0 Å². The summed E-state index contributed by atoms with van der Waals surface area (Å²) in [5.41, 5.74) is 9.42. The lowest BCUT2D eigenvalue weighted by Gasteiger charge is -2.24. The van der Waals surface area contributed by atoms with Gasteiger partial charge in [0, 0.05) is 36.3 Å². The summed E-state index contributed by atoms with van der Waals surface area (Å²) in [6, 6.07) is 9.91. The van der Waals surface area contributed by atoms with Crippen molar-refractivity contribution in [2.45, 2.75) is 19.1 Å². The van der Waals surface area contributed by atoms with E-state index in [-0.39, 0.29) is 12.8 Å². The predicted octanol–water partition coefficient (Wildman–Crippen LogP) is 3.09. The molecule has 2 aliphatic heterocycles. The standard InChI is InChI=1S/C18H19ClN2O3/c1-22-15-5-3-13(19)18-12(15)9-21(14(18)7-20)8-11-2-4-16-17(6-11)24-10-23-16/h2-6,14H,7-10,20H2,1H3. The lowest BCUT2D eigenvalue weighted by molar-refractivity contribution is 0.173. The number of ether oxygens (including phenoxy) is 3. The van der Waals surface area contributed by atoms with Crippen LogP contribution in [0.15, 0.2) is 30.3 Å². The molecule has 1 unspecified atom stereocenters. The third-order valence-corrected chi connectivity index (χ3v) is 4.99. The SMILES string of the molecule is COc1ccc(Cl)c2c1CN(Cc1ccc3c(c1)OCO3)C2CN. The Morgan fingerprint density at radius 3 is 2.88 bits per heavy atom. The smallest absolute Gasteiger partial charge is 0.231 e. The summed E-state index contributed by atoms with van der Waals surface area (Å²) in [4.78, 5) is 2.32. The van der Waals surface area contributed by atoms with Crippen molar-refractivity contribution in [1.82, 2.24) is 4.90 Å². The second-order valence-corrected chi connectivity index (χ2v) is 6.39. The molecule has 126 valence electrons. The summed E-state index contributed by atoms with van der Waals surface area (Å²) in [5.74, 6) is 2.45. The maximum atomic E-state index is 6.44. The van der Waals surface area contributed by atoms with Gasteiger partial charge in [-0.3, -0.25) is 4.90 Å². The summed E-state index contributed by atoms with van der Waals surface area (Å²) in [5, 5.41) is 0.745. The van der Waals surface area contributed by atoms with Gasteiger partial charge in [-0.05, 0) is 35.4 Å². The summed E-state index contributed by atoms with van der Waals surface area (Å²) in [6.45, 7) is 2.30. The van der Waals surface area contributed by atoms with E-state index in [4.69, 9.17) is 31.5 Å². The topological polar surface area (TPSA) is 57.0 Å². The van der Waals surface area contributed by atoms with Crippen molar-refractivity contribution in [3.05, 3.63) is 52.0 Å². The molecule has 2 aromatic carbocycles. The van der Waals surface area contributed by atoms with Gasteiger partial charge in [0.2, 0.25) is 6.79 Å². The molecule has 0 radical (unpaired) electrons. The first kappa shape index (κ1) is 15.6. The molecule has 0 fully saturated rings. The average Bonchev–Trinajstić information content (AvgIpc) is 3.19. The Labute approximate surface area is 145 Å². The third kappa shape index (κ3) is 2.49. The van der Waals surface area contributed by atoms with Gasteiger partial charge in [-0.2, -0.15) is 0 Å². The first-order chi connectivity index (χ1) is 11.7. The lowest BCUT2D eigenvalue weighted by atomic mass is 10.0. The van der Waals surface area contributed by atoms with E-state index in [9.17, 15) is 0 Å². The van der Waals surface area contributed by atoms with Crippen molar-refractivity contribution in [2.75, 3.05) is 20.4 Å². The fourth-order valence-corrected chi connectivity index (χ4v) is 3.84. The van der Waals surface area contributed by atoms with Crippen LogP contribution in [-0.4, -0.2) is 25.3 Å². The number of methoxy groups -OCH3 is 1. The van der Waals surface area contributed by atoms with Gasteiger partial charge in [0.1, 0.15) is 5.75 Å². The summed E-state index contributed by atoms with van der Waals surface area (Å²) >= 11 is 6.44. The highest BCUT2D eigenvalue weighted by atomic mass is 35.5. The monoisotopic (exact) mass is 346 g/mol. The van der Waals surface area contributed by atoms with Gasteiger partial charge in [0.15, 0.2) is 11.5 Å². The van der Waals surface area contributed by atoms with Gasteiger partial charge < -0.3 is 19.9 Å². The number of hydrogen-bond donors (Lipinski definition) is 1. The van der Waals surface area contributed by atoms with Crippen molar-refractivity contribution in [3.63, 3.8) is 0 Å². The third-order valence-electron chi connectivity index (χ3n) is 4.66. The maximum Gasteiger partial charge on any atom is 0.231 e. The van der Waals surface area contributed by atoms with Crippen LogP contribution in [0.1, 0.15) is 22.7 Å². The van der Waals surface area contributed by atoms with Crippen LogP contribution in [0.5, 0.6) is 17.2 Å². The fourth-order valence-electron chi connectivity index (χ4n) is 3.53. The fraction of sp³-hybridized carbons (Fsp3) is 0.333. The van der Waals surface area contributed by atoms with Gasteiger partial charge in [-0.15, -0.1) is 0 Å². The summed E-state index contributed by atoms with van der Waals surface area (Å²) in [6.07, 6.45) is 0. The molecule has 5 nitrogen and oxygen atoms in total. The predicted molar refractivity (Wildman–Crippen MR) is 91.6 cm³/mol. The molecule has 6 heteroatoms. The minimum Gasteiger partial charge on any atom is -0.496 e. The van der Waals surface area contributed by atoms with Crippen molar-refractivity contribution in [2.24, 2.45) is 5.73 Å². The van der Waals surface area contributed by atoms with Crippen molar-refractivity contribution in [1.29, 1.82) is 0 Å². The molecule has 2 aromatic rings. The van der Waals surface area contributed by atoms with E-state index in [1.807, 2.05) is 24.3 Å². The molecule has 4 rings (SSSR count). The molecule has 2 N–H and O–H groups in total. The second kappa shape index (κ2) is 6.16. The quantitative estimate of drug-likeness (QED) is 0.922. The van der Waals surface area contributed by atoms with E-state index in [0.717, 1.165) is 52.1 Å². The highest BCUT2D eigenvalue weighted by molar-refractivity contribution is 6.31. The summed E-state index contributed by atoms with van der Waals surface area (Å²) < 4.78 is 16.3. The highest BCUT2D eigenvalue weighted by Gasteiger charge is 2.33. The van der Waals surface area contributed by atoms with Gasteiger partial charge >= 0.3 is 0 Å². The van der Waals surface area contributed by atoms with E-state index >= 15 is 0 Å². The largest absolute Gasteiger partial charge is 0.496 e. The van der Waals surface area contributed by atoms with Crippen molar-refractivity contribution in [3.8, 4) is 17.2 Å². The Hall–Kier alpha value is -1.95. The van der Waals surface area contributed by atoms with E-state index in [1.54, 1.807) is 7.11 Å². The molecule has 0 saturated carbocycles. The van der Waals surface area contributed by atoms with Crippen LogP contribution in [-0.2, 0) is 13.1 Å². The van der Waals surface area contributed by atoms with Crippen molar-refractivity contribution < 1.29 is 14.2 Å². The lowest BCUT2D eigenvalue weighted by Crippen LogP contribution is -2.27. The van der Waals surface area contributed by atoms with E-state index < -0.39 is 0 Å². The molecule has 2 heterocycles. The minimum atomic E-state index is 0.0769. The Balaban J connectivity index is 1.64. The minimum absolute atomic E-state index is 0.0769. The Morgan fingerprint density at radius 1 is 1.25 bits per heavy atom. The van der Waals surface area contributed by atoms with Crippen LogP contribution in [0.4, 0.5) is 0 Å². The Kier molecular flexibility index (Phi) is 4.00. The zero-order valence-corrected chi connectivity index (χ0v) is 14.2. The number of fused-ring (bicyclic) bond motifs is 2. The number of benzene rings is 2. The number of halogens is 1. The maximum absolute atomic E-state index is 6.44. The van der Waals surface area contributed by atoms with Gasteiger partial charge in [0.25, 0.3) is 0 Å².